The van der Waals surface area contributed by atoms with Crippen LogP contribution < -0.4 is 4.74 Å². The number of H-pyrrole nitrogens is 1. The number of fused-ring (bicyclic) bond motifs is 1. The Hall–Kier alpha value is -2.08. The van der Waals surface area contributed by atoms with Crippen LogP contribution in [0.5, 0.6) is 5.75 Å². The molecule has 1 aliphatic heterocycles. The lowest BCUT2D eigenvalue weighted by Crippen LogP contribution is -2.30. The van der Waals surface area contributed by atoms with Gasteiger partial charge in [0.05, 0.1) is 22.7 Å². The summed E-state index contributed by atoms with van der Waals surface area (Å²) in [7, 11) is 2.20. The molecular weight excluding hydrogens is 384 g/mol. The van der Waals surface area contributed by atoms with Crippen LogP contribution in [0.1, 0.15) is 18.4 Å². The van der Waals surface area contributed by atoms with Crippen molar-refractivity contribution >= 4 is 22.6 Å². The number of likely N-dealkylation sites (N-methyl/N-ethyl adjacent to an activating group) is 1. The third-order valence-corrected chi connectivity index (χ3v) is 5.92. The lowest BCUT2D eigenvalue weighted by Gasteiger charge is -2.20. The van der Waals surface area contributed by atoms with Crippen molar-refractivity contribution in [2.45, 2.75) is 19.8 Å². The number of ether oxygens (including phenoxy) is 1. The number of rotatable bonds is 6. The number of aryl methyl sites for hydroxylation is 1. The number of hydrogen-bond donors (Lipinski definition) is 1. The lowest BCUT2D eigenvalue weighted by atomic mass is 10.2. The fraction of sp³-hybridized carbons (Fsp3) is 0.435. The van der Waals surface area contributed by atoms with E-state index in [1.54, 1.807) is 0 Å². The summed E-state index contributed by atoms with van der Waals surface area (Å²) in [6.07, 6.45) is 2.27. The Morgan fingerprint density at radius 1 is 1.14 bits per heavy atom. The number of imidazole rings is 1. The van der Waals surface area contributed by atoms with Crippen LogP contribution in [0.3, 0.4) is 0 Å². The maximum absolute atomic E-state index is 6.54. The maximum atomic E-state index is 6.54. The molecule has 5 nitrogen and oxygen atoms in total. The molecule has 2 heterocycles. The highest BCUT2D eigenvalue weighted by Crippen LogP contribution is 2.31. The first-order valence-corrected chi connectivity index (χ1v) is 10.8. The zero-order valence-corrected chi connectivity index (χ0v) is 18.0. The zero-order valence-electron chi connectivity index (χ0n) is 17.2. The first-order chi connectivity index (χ1) is 14.1. The number of aromatic amines is 1. The molecule has 0 aliphatic carbocycles. The number of nitrogens with zero attached hydrogens (tertiary/aromatic N) is 3. The van der Waals surface area contributed by atoms with Crippen molar-refractivity contribution in [3.8, 4) is 17.1 Å². The molecule has 1 N–H and O–H groups in total. The van der Waals surface area contributed by atoms with E-state index in [1.807, 2.05) is 30.3 Å². The number of benzene rings is 2. The summed E-state index contributed by atoms with van der Waals surface area (Å²) >= 11 is 6.54. The van der Waals surface area contributed by atoms with Crippen LogP contribution in [0.15, 0.2) is 36.4 Å². The molecule has 0 bridgehead atoms. The van der Waals surface area contributed by atoms with E-state index in [9.17, 15) is 0 Å². The quantitative estimate of drug-likeness (QED) is 0.601. The molecule has 0 unspecified atom stereocenters. The van der Waals surface area contributed by atoms with E-state index in [4.69, 9.17) is 21.3 Å². The summed E-state index contributed by atoms with van der Waals surface area (Å²) in [5.41, 5.74) is 4.05. The van der Waals surface area contributed by atoms with Crippen molar-refractivity contribution in [3.63, 3.8) is 0 Å². The van der Waals surface area contributed by atoms with E-state index in [2.05, 4.69) is 34.8 Å². The lowest BCUT2D eigenvalue weighted by molar-refractivity contribution is 0.237. The fourth-order valence-electron chi connectivity index (χ4n) is 3.88. The van der Waals surface area contributed by atoms with Gasteiger partial charge in [0, 0.05) is 25.2 Å². The van der Waals surface area contributed by atoms with Gasteiger partial charge in [0.1, 0.15) is 11.6 Å². The minimum atomic E-state index is 0.648. The average molecular weight is 413 g/mol. The van der Waals surface area contributed by atoms with Crippen molar-refractivity contribution in [1.29, 1.82) is 0 Å². The van der Waals surface area contributed by atoms with Crippen molar-refractivity contribution in [2.24, 2.45) is 0 Å². The van der Waals surface area contributed by atoms with Crippen molar-refractivity contribution in [2.75, 3.05) is 46.4 Å². The van der Waals surface area contributed by atoms with Gasteiger partial charge in [-0.15, -0.1) is 0 Å². The van der Waals surface area contributed by atoms with E-state index in [1.165, 1.54) is 19.5 Å². The highest BCUT2D eigenvalue weighted by Gasteiger charge is 2.13. The summed E-state index contributed by atoms with van der Waals surface area (Å²) in [5.74, 6) is 1.60. The summed E-state index contributed by atoms with van der Waals surface area (Å²) in [6, 6.07) is 12.0. The second kappa shape index (κ2) is 9.16. The van der Waals surface area contributed by atoms with E-state index in [0.29, 0.717) is 11.6 Å². The Morgan fingerprint density at radius 2 is 2.03 bits per heavy atom. The van der Waals surface area contributed by atoms with Gasteiger partial charge >= 0.3 is 0 Å². The van der Waals surface area contributed by atoms with Crippen LogP contribution in [0.2, 0.25) is 5.02 Å². The molecule has 4 rings (SSSR count). The standard InChI is InChI=1S/C23H29ClN4O/c1-17-6-3-7-21-22(17)26-23(25-21)19-9-8-18(16-20(19)24)29-15-5-12-28-11-4-10-27(2)13-14-28/h3,6-9,16H,4-5,10-15H2,1-2H3,(H,25,26). The van der Waals surface area contributed by atoms with E-state index >= 15 is 0 Å². The van der Waals surface area contributed by atoms with Crippen molar-refractivity contribution in [3.05, 3.63) is 47.0 Å². The third-order valence-electron chi connectivity index (χ3n) is 5.61. The second-order valence-corrected chi connectivity index (χ2v) is 8.31. The smallest absolute Gasteiger partial charge is 0.140 e. The highest BCUT2D eigenvalue weighted by atomic mass is 35.5. The molecule has 0 saturated carbocycles. The summed E-state index contributed by atoms with van der Waals surface area (Å²) in [6.45, 7) is 8.52. The van der Waals surface area contributed by atoms with Gasteiger partial charge < -0.3 is 19.5 Å². The van der Waals surface area contributed by atoms with Gasteiger partial charge in [-0.2, -0.15) is 0 Å². The topological polar surface area (TPSA) is 44.4 Å². The molecule has 1 aromatic heterocycles. The van der Waals surface area contributed by atoms with Gasteiger partial charge in [0.2, 0.25) is 0 Å². The largest absolute Gasteiger partial charge is 0.493 e. The molecule has 1 aliphatic rings. The van der Waals surface area contributed by atoms with E-state index < -0.39 is 0 Å². The van der Waals surface area contributed by atoms with Crippen molar-refractivity contribution < 1.29 is 4.74 Å². The molecular formula is C23H29ClN4O. The van der Waals surface area contributed by atoms with Gasteiger partial charge in [0.25, 0.3) is 0 Å². The molecule has 6 heteroatoms. The first-order valence-electron chi connectivity index (χ1n) is 10.4. The number of aromatic nitrogens is 2. The first kappa shape index (κ1) is 20.2. The Kier molecular flexibility index (Phi) is 6.38. The second-order valence-electron chi connectivity index (χ2n) is 7.90. The Morgan fingerprint density at radius 3 is 2.86 bits per heavy atom. The molecule has 2 aromatic carbocycles. The van der Waals surface area contributed by atoms with Gasteiger partial charge in [-0.3, -0.25) is 0 Å². The zero-order chi connectivity index (χ0) is 20.2. The number of nitrogens with one attached hydrogen (secondary N) is 1. The van der Waals surface area contributed by atoms with E-state index in [0.717, 1.165) is 59.8 Å². The molecule has 154 valence electrons. The van der Waals surface area contributed by atoms with Crippen LogP contribution in [-0.2, 0) is 0 Å². The van der Waals surface area contributed by atoms with Gasteiger partial charge in [-0.1, -0.05) is 23.7 Å². The van der Waals surface area contributed by atoms with Gasteiger partial charge in [-0.05, 0) is 69.7 Å². The number of para-hydroxylation sites is 1. The normalized spacial score (nSPS) is 16.2. The average Bonchev–Trinajstić information content (AvgIpc) is 3.03. The number of hydrogen-bond acceptors (Lipinski definition) is 4. The van der Waals surface area contributed by atoms with Crippen LogP contribution in [0.25, 0.3) is 22.4 Å². The Balaban J connectivity index is 1.34. The minimum absolute atomic E-state index is 0.648. The monoisotopic (exact) mass is 412 g/mol. The van der Waals surface area contributed by atoms with Crippen LogP contribution >= 0.6 is 11.6 Å². The van der Waals surface area contributed by atoms with E-state index in [-0.39, 0.29) is 0 Å². The number of halogens is 1. The molecule has 1 fully saturated rings. The Labute approximate surface area is 177 Å². The molecule has 29 heavy (non-hydrogen) atoms. The molecule has 3 aromatic rings. The van der Waals surface area contributed by atoms with Crippen LogP contribution in [0, 0.1) is 6.92 Å². The summed E-state index contributed by atoms with van der Waals surface area (Å²) < 4.78 is 5.95. The maximum Gasteiger partial charge on any atom is 0.140 e. The molecule has 0 spiro atoms. The van der Waals surface area contributed by atoms with Gasteiger partial charge in [-0.25, -0.2) is 4.98 Å². The van der Waals surface area contributed by atoms with Gasteiger partial charge in [0.15, 0.2) is 0 Å². The predicted molar refractivity (Wildman–Crippen MR) is 120 cm³/mol. The third kappa shape index (κ3) is 4.92. The summed E-state index contributed by atoms with van der Waals surface area (Å²) in [4.78, 5) is 13.0. The molecule has 1 saturated heterocycles. The Bertz CT molecular complexity index is 971. The minimum Gasteiger partial charge on any atom is -0.493 e. The van der Waals surface area contributed by atoms with Crippen LogP contribution in [-0.4, -0.2) is 66.1 Å². The summed E-state index contributed by atoms with van der Waals surface area (Å²) in [5, 5.41) is 0.648. The SMILES string of the molecule is Cc1cccc2[nH]c(-c3ccc(OCCCN4CCCN(C)CC4)cc3Cl)nc12. The molecule has 0 radical (unpaired) electrons. The fourth-order valence-corrected chi connectivity index (χ4v) is 4.14. The van der Waals surface area contributed by atoms with Crippen molar-refractivity contribution in [1.82, 2.24) is 19.8 Å². The highest BCUT2D eigenvalue weighted by molar-refractivity contribution is 6.33. The molecule has 0 amide bonds. The molecule has 0 atom stereocenters. The predicted octanol–water partition coefficient (Wildman–Crippen LogP) is 4.60. The van der Waals surface area contributed by atoms with Crippen LogP contribution in [0.4, 0.5) is 0 Å².